The number of allylic oxidation sites excluding steroid dienone is 1. The molecular formula is C19H26N2O2. The average Bonchev–Trinajstić information content (AvgIpc) is 2.59. The van der Waals surface area contributed by atoms with Crippen LogP contribution in [-0.2, 0) is 4.79 Å². The summed E-state index contributed by atoms with van der Waals surface area (Å²) in [5.41, 5.74) is 1.84. The number of piperidine rings is 1. The molecule has 0 saturated carbocycles. The zero-order valence-electron chi connectivity index (χ0n) is 14.0. The fraction of sp³-hybridized carbons (Fsp3) is 0.474. The lowest BCUT2D eigenvalue weighted by Gasteiger charge is -2.32. The largest absolute Gasteiger partial charge is 0.355 e. The number of nitrogens with one attached hydrogen (secondary N) is 1. The topological polar surface area (TPSA) is 49.4 Å². The molecule has 2 rings (SSSR count). The van der Waals surface area contributed by atoms with Crippen molar-refractivity contribution in [2.75, 3.05) is 19.6 Å². The summed E-state index contributed by atoms with van der Waals surface area (Å²) in [6, 6.07) is 7.61. The van der Waals surface area contributed by atoms with Gasteiger partial charge < -0.3 is 10.2 Å². The monoisotopic (exact) mass is 314 g/mol. The van der Waals surface area contributed by atoms with Gasteiger partial charge in [0.1, 0.15) is 0 Å². The van der Waals surface area contributed by atoms with Crippen LogP contribution in [0.25, 0.3) is 0 Å². The Hall–Kier alpha value is -2.10. The Bertz CT molecular complexity index is 563. The van der Waals surface area contributed by atoms with E-state index >= 15 is 0 Å². The van der Waals surface area contributed by atoms with Gasteiger partial charge in [0.2, 0.25) is 5.91 Å². The number of hydrogen-bond acceptors (Lipinski definition) is 2. The molecule has 2 amide bonds. The first-order valence-electron chi connectivity index (χ1n) is 8.36. The van der Waals surface area contributed by atoms with Gasteiger partial charge >= 0.3 is 0 Å². The third kappa shape index (κ3) is 4.95. The van der Waals surface area contributed by atoms with Crippen LogP contribution in [0.1, 0.15) is 42.1 Å². The van der Waals surface area contributed by atoms with Crippen molar-refractivity contribution in [3.8, 4) is 0 Å². The second kappa shape index (κ2) is 8.51. The molecule has 0 bridgehead atoms. The smallest absolute Gasteiger partial charge is 0.253 e. The molecule has 0 spiro atoms. The molecule has 0 unspecified atom stereocenters. The zero-order valence-corrected chi connectivity index (χ0v) is 14.0. The highest BCUT2D eigenvalue weighted by Gasteiger charge is 2.28. The van der Waals surface area contributed by atoms with Crippen LogP contribution in [0.2, 0.25) is 0 Å². The van der Waals surface area contributed by atoms with Gasteiger partial charge in [0.15, 0.2) is 0 Å². The second-order valence-corrected chi connectivity index (χ2v) is 6.11. The molecule has 1 N–H and O–H groups in total. The summed E-state index contributed by atoms with van der Waals surface area (Å²) in [5.74, 6) is -0.00363. The van der Waals surface area contributed by atoms with Crippen molar-refractivity contribution < 1.29 is 9.59 Å². The molecule has 1 aliphatic heterocycles. The zero-order chi connectivity index (χ0) is 16.7. The van der Waals surface area contributed by atoms with E-state index in [4.69, 9.17) is 0 Å². The van der Waals surface area contributed by atoms with Gasteiger partial charge in [0.25, 0.3) is 5.91 Å². The van der Waals surface area contributed by atoms with Crippen LogP contribution in [0.5, 0.6) is 0 Å². The number of hydrogen-bond donors (Lipinski definition) is 1. The van der Waals surface area contributed by atoms with Crippen molar-refractivity contribution in [2.24, 2.45) is 5.92 Å². The Labute approximate surface area is 138 Å². The highest BCUT2D eigenvalue weighted by Crippen LogP contribution is 2.19. The highest BCUT2D eigenvalue weighted by molar-refractivity contribution is 5.94. The number of likely N-dealkylation sites (tertiary alicyclic amines) is 1. The summed E-state index contributed by atoms with van der Waals surface area (Å²) in [7, 11) is 0. The van der Waals surface area contributed by atoms with Crippen molar-refractivity contribution in [1.82, 2.24) is 10.2 Å². The maximum atomic E-state index is 12.6. The van der Waals surface area contributed by atoms with E-state index < -0.39 is 0 Å². The molecule has 1 aliphatic rings. The molecule has 1 atom stereocenters. The summed E-state index contributed by atoms with van der Waals surface area (Å²) in [4.78, 5) is 26.6. The van der Waals surface area contributed by atoms with E-state index in [-0.39, 0.29) is 17.7 Å². The number of nitrogens with zero attached hydrogens (tertiary/aromatic N) is 1. The van der Waals surface area contributed by atoms with Crippen molar-refractivity contribution in [3.63, 3.8) is 0 Å². The first-order valence-corrected chi connectivity index (χ1v) is 8.36. The van der Waals surface area contributed by atoms with Gasteiger partial charge in [-0.2, -0.15) is 0 Å². The lowest BCUT2D eigenvalue weighted by Crippen LogP contribution is -2.45. The Morgan fingerprint density at radius 2 is 2.04 bits per heavy atom. The van der Waals surface area contributed by atoms with Crippen LogP contribution >= 0.6 is 0 Å². The predicted octanol–water partition coefficient (Wildman–Crippen LogP) is 2.93. The maximum absolute atomic E-state index is 12.6. The minimum absolute atomic E-state index is 0.0245. The number of carbonyl (C=O) groups excluding carboxylic acids is 2. The van der Waals surface area contributed by atoms with E-state index in [0.29, 0.717) is 18.7 Å². The number of amides is 2. The SMILES string of the molecule is C/C=C\CCNC(=O)[C@H]1CCCN(C(=O)c2ccc(C)cc2)C1. The van der Waals surface area contributed by atoms with Gasteiger partial charge in [-0.05, 0) is 45.2 Å². The summed E-state index contributed by atoms with van der Waals surface area (Å²) in [5, 5.41) is 2.97. The molecule has 0 aromatic heterocycles. The Morgan fingerprint density at radius 3 is 2.74 bits per heavy atom. The molecule has 23 heavy (non-hydrogen) atoms. The number of carbonyl (C=O) groups is 2. The molecule has 0 radical (unpaired) electrons. The van der Waals surface area contributed by atoms with E-state index in [0.717, 1.165) is 31.4 Å². The molecular weight excluding hydrogens is 288 g/mol. The molecule has 1 aromatic rings. The van der Waals surface area contributed by atoms with Crippen molar-refractivity contribution in [3.05, 3.63) is 47.5 Å². The summed E-state index contributed by atoms with van der Waals surface area (Å²) in [6.07, 6.45) is 6.60. The minimum Gasteiger partial charge on any atom is -0.355 e. The molecule has 124 valence electrons. The van der Waals surface area contributed by atoms with E-state index in [2.05, 4.69) is 5.32 Å². The van der Waals surface area contributed by atoms with Crippen LogP contribution in [0.4, 0.5) is 0 Å². The Kier molecular flexibility index (Phi) is 6.39. The maximum Gasteiger partial charge on any atom is 0.253 e. The summed E-state index contributed by atoms with van der Waals surface area (Å²) >= 11 is 0. The van der Waals surface area contributed by atoms with E-state index in [1.165, 1.54) is 0 Å². The van der Waals surface area contributed by atoms with Crippen LogP contribution < -0.4 is 5.32 Å². The molecule has 1 aromatic carbocycles. The van der Waals surface area contributed by atoms with Gasteiger partial charge in [-0.1, -0.05) is 29.8 Å². The first-order chi connectivity index (χ1) is 11.1. The van der Waals surface area contributed by atoms with Gasteiger partial charge in [0.05, 0.1) is 5.92 Å². The van der Waals surface area contributed by atoms with E-state index in [1.807, 2.05) is 55.2 Å². The second-order valence-electron chi connectivity index (χ2n) is 6.11. The number of aryl methyl sites for hydroxylation is 1. The predicted molar refractivity (Wildman–Crippen MR) is 92.2 cm³/mol. The third-order valence-corrected chi connectivity index (χ3v) is 4.22. The average molecular weight is 314 g/mol. The van der Waals surface area contributed by atoms with Crippen molar-refractivity contribution in [2.45, 2.75) is 33.1 Å². The molecule has 1 fully saturated rings. The van der Waals surface area contributed by atoms with Gasteiger partial charge in [-0.3, -0.25) is 9.59 Å². The normalized spacial score (nSPS) is 18.2. The molecule has 4 nitrogen and oxygen atoms in total. The highest BCUT2D eigenvalue weighted by atomic mass is 16.2. The summed E-state index contributed by atoms with van der Waals surface area (Å²) in [6.45, 7) is 5.88. The van der Waals surface area contributed by atoms with Crippen LogP contribution in [0, 0.1) is 12.8 Å². The fourth-order valence-corrected chi connectivity index (χ4v) is 2.84. The van der Waals surface area contributed by atoms with E-state index in [1.54, 1.807) is 0 Å². The van der Waals surface area contributed by atoms with Crippen LogP contribution in [0.15, 0.2) is 36.4 Å². The molecule has 1 saturated heterocycles. The minimum atomic E-state index is -0.0937. The molecule has 1 heterocycles. The number of rotatable bonds is 5. The Morgan fingerprint density at radius 1 is 1.30 bits per heavy atom. The third-order valence-electron chi connectivity index (χ3n) is 4.22. The van der Waals surface area contributed by atoms with E-state index in [9.17, 15) is 9.59 Å². The molecule has 0 aliphatic carbocycles. The van der Waals surface area contributed by atoms with Crippen molar-refractivity contribution >= 4 is 11.8 Å². The first kappa shape index (κ1) is 17.3. The quantitative estimate of drug-likeness (QED) is 0.671. The summed E-state index contributed by atoms with van der Waals surface area (Å²) < 4.78 is 0. The lowest BCUT2D eigenvalue weighted by molar-refractivity contribution is -0.126. The fourth-order valence-electron chi connectivity index (χ4n) is 2.84. The number of benzene rings is 1. The lowest BCUT2D eigenvalue weighted by atomic mass is 9.96. The van der Waals surface area contributed by atoms with Gasteiger partial charge in [-0.15, -0.1) is 0 Å². The van der Waals surface area contributed by atoms with Crippen LogP contribution in [0.3, 0.4) is 0 Å². The van der Waals surface area contributed by atoms with Crippen molar-refractivity contribution in [1.29, 1.82) is 0 Å². The Balaban J connectivity index is 1.90. The van der Waals surface area contributed by atoms with Gasteiger partial charge in [0, 0.05) is 25.2 Å². The van der Waals surface area contributed by atoms with Crippen LogP contribution in [-0.4, -0.2) is 36.3 Å². The standard InChI is InChI=1S/C19H26N2O2/c1-3-4-5-12-20-18(22)17-7-6-13-21(14-17)19(23)16-10-8-15(2)9-11-16/h3-4,8-11,17H,5-7,12-14H2,1-2H3,(H,20,22)/b4-3-/t17-/m0/s1. The molecule has 4 heteroatoms. The van der Waals surface area contributed by atoms with Gasteiger partial charge in [-0.25, -0.2) is 0 Å².